The van der Waals surface area contributed by atoms with Crippen molar-refractivity contribution >= 4 is 11.7 Å². The van der Waals surface area contributed by atoms with Gasteiger partial charge >= 0.3 is 6.03 Å². The summed E-state index contributed by atoms with van der Waals surface area (Å²) in [5, 5.41) is 3.01. The molecule has 160 valence electrons. The van der Waals surface area contributed by atoms with E-state index in [9.17, 15) is 4.79 Å². The highest BCUT2D eigenvalue weighted by Crippen LogP contribution is 2.27. The van der Waals surface area contributed by atoms with Gasteiger partial charge in [0.15, 0.2) is 0 Å². The minimum Gasteiger partial charge on any atom is -0.492 e. The highest BCUT2D eigenvalue weighted by atomic mass is 16.5. The van der Waals surface area contributed by atoms with E-state index in [1.165, 1.54) is 16.7 Å². The van der Waals surface area contributed by atoms with Crippen molar-refractivity contribution in [1.82, 2.24) is 4.90 Å². The van der Waals surface area contributed by atoms with Crippen LogP contribution < -0.4 is 10.1 Å². The van der Waals surface area contributed by atoms with Crippen LogP contribution in [-0.4, -0.2) is 30.6 Å². The average molecular weight is 415 g/mol. The van der Waals surface area contributed by atoms with Gasteiger partial charge in [0.1, 0.15) is 5.75 Å². The fourth-order valence-electron chi connectivity index (χ4n) is 4.18. The first-order valence-corrected chi connectivity index (χ1v) is 11.1. The molecule has 1 saturated heterocycles. The number of benzene rings is 3. The molecule has 0 unspecified atom stereocenters. The van der Waals surface area contributed by atoms with E-state index < -0.39 is 0 Å². The molecule has 4 rings (SSSR count). The number of nitrogens with zero attached hydrogens (tertiary/aromatic N) is 1. The quantitative estimate of drug-likeness (QED) is 0.519. The first kappa shape index (κ1) is 21.0. The summed E-state index contributed by atoms with van der Waals surface area (Å²) >= 11 is 0. The van der Waals surface area contributed by atoms with E-state index in [1.54, 1.807) is 0 Å². The maximum absolute atomic E-state index is 12.7. The molecule has 31 heavy (non-hydrogen) atoms. The van der Waals surface area contributed by atoms with Crippen molar-refractivity contribution in [3.63, 3.8) is 0 Å². The van der Waals surface area contributed by atoms with Crippen molar-refractivity contribution in [3.8, 4) is 16.9 Å². The molecule has 3 aromatic rings. The number of ether oxygens (including phenoxy) is 1. The summed E-state index contributed by atoms with van der Waals surface area (Å²) in [5.41, 5.74) is 4.60. The van der Waals surface area contributed by atoms with Crippen LogP contribution >= 0.6 is 0 Å². The van der Waals surface area contributed by atoms with Crippen molar-refractivity contribution in [2.24, 2.45) is 5.92 Å². The van der Waals surface area contributed by atoms with Gasteiger partial charge < -0.3 is 15.0 Å². The number of rotatable bonds is 6. The van der Waals surface area contributed by atoms with Gasteiger partial charge in [-0.15, -0.1) is 0 Å². The molecule has 0 atom stereocenters. The van der Waals surface area contributed by atoms with E-state index in [0.717, 1.165) is 38.0 Å². The third-order valence-electron chi connectivity index (χ3n) is 5.92. The number of hydrogen-bond acceptors (Lipinski definition) is 2. The summed E-state index contributed by atoms with van der Waals surface area (Å²) in [6, 6.07) is 26.9. The van der Waals surface area contributed by atoms with Crippen LogP contribution in [0, 0.1) is 5.92 Å². The van der Waals surface area contributed by atoms with Crippen LogP contribution in [-0.2, 0) is 6.42 Å². The predicted octanol–water partition coefficient (Wildman–Crippen LogP) is 6.24. The monoisotopic (exact) mass is 414 g/mol. The summed E-state index contributed by atoms with van der Waals surface area (Å²) in [5.74, 6) is 1.33. The molecule has 1 heterocycles. The van der Waals surface area contributed by atoms with Crippen molar-refractivity contribution in [2.75, 3.05) is 25.0 Å². The van der Waals surface area contributed by atoms with Gasteiger partial charge in [-0.25, -0.2) is 4.79 Å². The van der Waals surface area contributed by atoms with Crippen LogP contribution in [0.5, 0.6) is 5.75 Å². The van der Waals surface area contributed by atoms with Crippen molar-refractivity contribution in [1.29, 1.82) is 0 Å². The van der Waals surface area contributed by atoms with Gasteiger partial charge in [-0.1, -0.05) is 66.7 Å². The van der Waals surface area contributed by atoms with Crippen LogP contribution in [0.4, 0.5) is 10.5 Å². The maximum Gasteiger partial charge on any atom is 0.321 e. The Hall–Kier alpha value is -3.27. The molecule has 2 amide bonds. The summed E-state index contributed by atoms with van der Waals surface area (Å²) in [6.07, 6.45) is 3.12. The Labute approximate surface area is 184 Å². The standard InChI is InChI=1S/C27H30N2O2/c1-2-31-26-11-7-6-10-25(26)28-27(30)29-18-16-22(17-19-29)20-21-12-14-24(15-13-21)23-8-4-3-5-9-23/h3-15,22H,2,16-20H2,1H3,(H,28,30). The van der Waals surface area contributed by atoms with Gasteiger partial charge in [0.05, 0.1) is 12.3 Å². The zero-order valence-electron chi connectivity index (χ0n) is 18.1. The van der Waals surface area contributed by atoms with E-state index in [2.05, 4.69) is 53.8 Å². The SMILES string of the molecule is CCOc1ccccc1NC(=O)N1CCC(Cc2ccc(-c3ccccc3)cc2)CC1. The van der Waals surface area contributed by atoms with E-state index in [-0.39, 0.29) is 6.03 Å². The fraction of sp³-hybridized carbons (Fsp3) is 0.296. The normalized spacial score (nSPS) is 14.3. The number of likely N-dealkylation sites (tertiary alicyclic amines) is 1. The number of piperidine rings is 1. The number of para-hydroxylation sites is 2. The lowest BCUT2D eigenvalue weighted by Crippen LogP contribution is -2.41. The molecule has 0 bridgehead atoms. The minimum atomic E-state index is -0.0437. The molecular weight excluding hydrogens is 384 g/mol. The summed E-state index contributed by atoms with van der Waals surface area (Å²) in [4.78, 5) is 14.6. The first-order chi connectivity index (χ1) is 15.2. The van der Waals surface area contributed by atoms with Crippen molar-refractivity contribution in [2.45, 2.75) is 26.2 Å². The molecule has 1 fully saturated rings. The van der Waals surface area contributed by atoms with Gasteiger partial charge in [-0.05, 0) is 60.9 Å². The molecule has 0 aliphatic carbocycles. The van der Waals surface area contributed by atoms with E-state index in [1.807, 2.05) is 42.2 Å². The summed E-state index contributed by atoms with van der Waals surface area (Å²) in [6.45, 7) is 4.09. The molecule has 0 radical (unpaired) electrons. The highest BCUT2D eigenvalue weighted by molar-refractivity contribution is 5.91. The summed E-state index contributed by atoms with van der Waals surface area (Å²) < 4.78 is 5.61. The average Bonchev–Trinajstić information content (AvgIpc) is 2.82. The number of carbonyl (C=O) groups is 1. The molecule has 3 aromatic carbocycles. The number of urea groups is 1. The Morgan fingerprint density at radius 2 is 1.55 bits per heavy atom. The Bertz CT molecular complexity index is 978. The fourth-order valence-corrected chi connectivity index (χ4v) is 4.18. The lowest BCUT2D eigenvalue weighted by Gasteiger charge is -2.32. The third-order valence-corrected chi connectivity index (χ3v) is 5.92. The van der Waals surface area contributed by atoms with Gasteiger partial charge in [0.2, 0.25) is 0 Å². The molecular formula is C27H30N2O2. The molecule has 0 saturated carbocycles. The van der Waals surface area contributed by atoms with Crippen LogP contribution in [0.1, 0.15) is 25.3 Å². The van der Waals surface area contributed by atoms with Gasteiger partial charge in [0.25, 0.3) is 0 Å². The number of anilines is 1. The summed E-state index contributed by atoms with van der Waals surface area (Å²) in [7, 11) is 0. The second-order valence-corrected chi connectivity index (χ2v) is 8.06. The van der Waals surface area contributed by atoms with Crippen LogP contribution in [0.3, 0.4) is 0 Å². The molecule has 1 aliphatic rings. The third kappa shape index (κ3) is 5.46. The largest absolute Gasteiger partial charge is 0.492 e. The highest BCUT2D eigenvalue weighted by Gasteiger charge is 2.23. The van der Waals surface area contributed by atoms with Crippen molar-refractivity contribution in [3.05, 3.63) is 84.4 Å². The second-order valence-electron chi connectivity index (χ2n) is 8.06. The Morgan fingerprint density at radius 3 is 2.26 bits per heavy atom. The van der Waals surface area contributed by atoms with Crippen molar-refractivity contribution < 1.29 is 9.53 Å². The maximum atomic E-state index is 12.7. The number of nitrogens with one attached hydrogen (secondary N) is 1. The minimum absolute atomic E-state index is 0.0437. The van der Waals surface area contributed by atoms with Crippen LogP contribution in [0.15, 0.2) is 78.9 Å². The van der Waals surface area contributed by atoms with Crippen LogP contribution in [0.2, 0.25) is 0 Å². The van der Waals surface area contributed by atoms with Crippen LogP contribution in [0.25, 0.3) is 11.1 Å². The second kappa shape index (κ2) is 10.2. The molecule has 0 spiro atoms. The van der Waals surface area contributed by atoms with E-state index in [0.29, 0.717) is 18.3 Å². The number of amides is 2. The Morgan fingerprint density at radius 1 is 0.903 bits per heavy atom. The van der Waals surface area contributed by atoms with Gasteiger partial charge in [0, 0.05) is 13.1 Å². The number of hydrogen-bond donors (Lipinski definition) is 1. The van der Waals surface area contributed by atoms with E-state index in [4.69, 9.17) is 4.74 Å². The topological polar surface area (TPSA) is 41.6 Å². The van der Waals surface area contributed by atoms with Gasteiger partial charge in [-0.2, -0.15) is 0 Å². The molecule has 4 nitrogen and oxygen atoms in total. The zero-order chi connectivity index (χ0) is 21.5. The lowest BCUT2D eigenvalue weighted by molar-refractivity contribution is 0.182. The molecule has 0 aromatic heterocycles. The molecule has 1 aliphatic heterocycles. The van der Waals surface area contributed by atoms with Gasteiger partial charge in [-0.3, -0.25) is 0 Å². The predicted molar refractivity (Wildman–Crippen MR) is 127 cm³/mol. The smallest absolute Gasteiger partial charge is 0.321 e. The lowest BCUT2D eigenvalue weighted by atomic mass is 9.89. The Kier molecular flexibility index (Phi) is 6.88. The zero-order valence-corrected chi connectivity index (χ0v) is 18.1. The number of carbonyl (C=O) groups excluding carboxylic acids is 1. The molecule has 1 N–H and O–H groups in total. The first-order valence-electron chi connectivity index (χ1n) is 11.1. The molecule has 4 heteroatoms. The van der Waals surface area contributed by atoms with E-state index >= 15 is 0 Å². The Balaban J connectivity index is 1.28.